The van der Waals surface area contributed by atoms with Gasteiger partial charge in [0.1, 0.15) is 11.6 Å². The van der Waals surface area contributed by atoms with Gasteiger partial charge in [-0.1, -0.05) is 26.0 Å². The minimum Gasteiger partial charge on any atom is -0.550 e. The molecule has 0 spiro atoms. The van der Waals surface area contributed by atoms with Crippen LogP contribution >= 0.6 is 0 Å². The van der Waals surface area contributed by atoms with E-state index in [1.165, 1.54) is 41.3 Å². The van der Waals surface area contributed by atoms with Gasteiger partial charge in [0.15, 0.2) is 5.69 Å². The number of aromatic nitrogens is 2. The predicted octanol–water partition coefficient (Wildman–Crippen LogP) is -0.265. The molecule has 8 nitrogen and oxygen atoms in total. The molecule has 0 fully saturated rings. The first-order chi connectivity index (χ1) is 18.0. The van der Waals surface area contributed by atoms with Crippen molar-refractivity contribution in [2.75, 3.05) is 7.05 Å². The number of carbonyl (C=O) groups excluding carboxylic acids is 2. The minimum atomic E-state index is -1.41. The van der Waals surface area contributed by atoms with Crippen molar-refractivity contribution in [3.8, 4) is 5.69 Å². The van der Waals surface area contributed by atoms with Gasteiger partial charge in [-0.05, 0) is 67.1 Å². The van der Waals surface area contributed by atoms with Crippen LogP contribution in [0.5, 0.6) is 0 Å². The predicted molar refractivity (Wildman–Crippen MR) is 134 cm³/mol. The van der Waals surface area contributed by atoms with E-state index in [9.17, 15) is 33.7 Å². The minimum absolute atomic E-state index is 0. The van der Waals surface area contributed by atoms with Crippen molar-refractivity contribution in [3.63, 3.8) is 0 Å². The van der Waals surface area contributed by atoms with Gasteiger partial charge < -0.3 is 25.0 Å². The molecule has 0 aliphatic heterocycles. The fourth-order valence-electron chi connectivity index (χ4n) is 4.39. The Morgan fingerprint density at radius 3 is 2.10 bits per heavy atom. The van der Waals surface area contributed by atoms with Crippen LogP contribution in [0, 0.1) is 11.6 Å². The van der Waals surface area contributed by atoms with Crippen LogP contribution in [-0.2, 0) is 17.8 Å². The van der Waals surface area contributed by atoms with Gasteiger partial charge in [-0.25, -0.2) is 13.5 Å². The molecule has 1 aromatic heterocycles. The number of hydrogen-bond acceptors (Lipinski definition) is 6. The van der Waals surface area contributed by atoms with E-state index >= 15 is 0 Å². The molecule has 3 rings (SSSR count). The molecule has 0 radical (unpaired) electrons. The fourth-order valence-corrected chi connectivity index (χ4v) is 4.39. The summed E-state index contributed by atoms with van der Waals surface area (Å²) in [5.74, 6) is -2.71. The zero-order chi connectivity index (χ0) is 28.0. The van der Waals surface area contributed by atoms with Crippen LogP contribution in [0.15, 0.2) is 48.5 Å². The fraction of sp³-hybridized carbons (Fsp3) is 0.393. The zero-order valence-corrected chi connectivity index (χ0v) is 24.6. The molecule has 1 heterocycles. The summed E-state index contributed by atoms with van der Waals surface area (Å²) in [7, 11) is 1.62. The molecule has 0 aliphatic carbocycles. The number of carbonyl (C=O) groups is 2. The molecule has 0 aliphatic rings. The molecule has 2 aromatic carbocycles. The number of hydrogen-bond donors (Lipinski definition) is 2. The molecule has 39 heavy (non-hydrogen) atoms. The van der Waals surface area contributed by atoms with Gasteiger partial charge in [-0.3, -0.25) is 4.79 Å². The topological polar surface area (TPSA) is 119 Å². The standard InChI is InChI=1S/C28H33F2N3O5.Na/c1-17(2)26-24(13-12-22(34)14-23(35)15-25(36)37)33(21-10-8-20(30)9-11-21)31-27(26)28(38)32(3)16-18-4-6-19(29)7-5-18;/h4-11,17,22-23,34-35H,12-16H2,1-3H3,(H,36,37);/q;+1/p-1/t22-,23-;/m1./s1. The summed E-state index contributed by atoms with van der Waals surface area (Å²) in [6, 6.07) is 11.5. The Kier molecular flexibility index (Phi) is 12.3. The van der Waals surface area contributed by atoms with Gasteiger partial charge >= 0.3 is 29.6 Å². The van der Waals surface area contributed by atoms with Crippen molar-refractivity contribution in [1.29, 1.82) is 0 Å². The van der Waals surface area contributed by atoms with Crippen LogP contribution in [0.25, 0.3) is 5.69 Å². The Bertz CT molecular complexity index is 1250. The number of halogens is 2. The van der Waals surface area contributed by atoms with E-state index in [0.29, 0.717) is 16.9 Å². The first kappa shape index (κ1) is 32.6. The number of aliphatic carboxylic acids is 1. The molecular weight excluding hydrogens is 519 g/mol. The number of carboxylic acids is 1. The number of carboxylic acid groups (broad SMARTS) is 1. The van der Waals surface area contributed by atoms with Crippen molar-refractivity contribution in [2.24, 2.45) is 0 Å². The van der Waals surface area contributed by atoms with E-state index in [0.717, 1.165) is 5.56 Å². The molecular formula is C28H32F2N3NaO5. The summed E-state index contributed by atoms with van der Waals surface area (Å²) in [4.78, 5) is 25.8. The number of aliphatic hydroxyl groups is 2. The van der Waals surface area contributed by atoms with Gasteiger partial charge in [0.2, 0.25) is 0 Å². The van der Waals surface area contributed by atoms with Gasteiger partial charge in [-0.15, -0.1) is 0 Å². The number of benzene rings is 2. The molecule has 1 amide bonds. The van der Waals surface area contributed by atoms with Crippen molar-refractivity contribution in [3.05, 3.63) is 82.7 Å². The van der Waals surface area contributed by atoms with E-state index in [1.54, 1.807) is 23.9 Å². The third kappa shape index (κ3) is 8.94. The monoisotopic (exact) mass is 551 g/mol. The first-order valence-corrected chi connectivity index (χ1v) is 12.4. The normalized spacial score (nSPS) is 12.6. The van der Waals surface area contributed by atoms with E-state index in [1.807, 2.05) is 13.8 Å². The summed E-state index contributed by atoms with van der Waals surface area (Å²) in [6.45, 7) is 4.04. The summed E-state index contributed by atoms with van der Waals surface area (Å²) in [6.07, 6.45) is -2.58. The van der Waals surface area contributed by atoms with Crippen LogP contribution in [0.3, 0.4) is 0 Å². The van der Waals surface area contributed by atoms with E-state index in [4.69, 9.17) is 0 Å². The maximum atomic E-state index is 13.6. The summed E-state index contributed by atoms with van der Waals surface area (Å²) in [5.41, 5.74) is 2.77. The largest absolute Gasteiger partial charge is 1.00 e. The van der Waals surface area contributed by atoms with Crippen LogP contribution in [0.4, 0.5) is 8.78 Å². The Morgan fingerprint density at radius 1 is 1.00 bits per heavy atom. The molecule has 0 saturated carbocycles. The average Bonchev–Trinajstić information content (AvgIpc) is 3.23. The van der Waals surface area contributed by atoms with Gasteiger partial charge in [0.25, 0.3) is 5.91 Å². The van der Waals surface area contributed by atoms with Gasteiger partial charge in [0, 0.05) is 37.2 Å². The van der Waals surface area contributed by atoms with E-state index < -0.39 is 30.4 Å². The molecule has 0 unspecified atom stereocenters. The average molecular weight is 552 g/mol. The summed E-state index contributed by atoms with van der Waals surface area (Å²) in [5, 5.41) is 35.6. The molecule has 0 bridgehead atoms. The number of nitrogens with zero attached hydrogens (tertiary/aromatic N) is 3. The summed E-state index contributed by atoms with van der Waals surface area (Å²) < 4.78 is 28.5. The Labute approximate surface area is 248 Å². The van der Waals surface area contributed by atoms with Gasteiger partial charge in [-0.2, -0.15) is 5.10 Å². The Morgan fingerprint density at radius 2 is 1.56 bits per heavy atom. The smallest absolute Gasteiger partial charge is 0.550 e. The second-order valence-corrected chi connectivity index (χ2v) is 9.70. The second kappa shape index (κ2) is 14.7. The summed E-state index contributed by atoms with van der Waals surface area (Å²) >= 11 is 0. The Balaban J connectivity index is 0.00000533. The SMILES string of the molecule is CC(C)c1c(C(=O)N(C)Cc2ccc(F)cc2)nn(-c2ccc(F)cc2)c1CC[C@@H](O)C[C@@H](O)CC(=O)[O-].[Na+]. The quantitative estimate of drug-likeness (QED) is 0.300. The maximum Gasteiger partial charge on any atom is 1.00 e. The molecule has 2 atom stereocenters. The van der Waals surface area contributed by atoms with Crippen LogP contribution in [0.1, 0.15) is 66.3 Å². The van der Waals surface area contributed by atoms with Crippen molar-refractivity contribution < 1.29 is 63.2 Å². The number of aliphatic hydroxyl groups excluding tert-OH is 2. The third-order valence-corrected chi connectivity index (χ3v) is 6.21. The molecule has 0 saturated heterocycles. The Hall–Kier alpha value is -2.63. The van der Waals surface area contributed by atoms with Crippen LogP contribution in [0.2, 0.25) is 0 Å². The zero-order valence-electron chi connectivity index (χ0n) is 22.6. The first-order valence-electron chi connectivity index (χ1n) is 12.4. The number of rotatable bonds is 12. The van der Waals surface area contributed by atoms with Crippen molar-refractivity contribution in [2.45, 2.75) is 64.2 Å². The molecule has 204 valence electrons. The van der Waals surface area contributed by atoms with Crippen LogP contribution < -0.4 is 34.7 Å². The van der Waals surface area contributed by atoms with E-state index in [2.05, 4.69) is 5.10 Å². The number of amides is 1. The van der Waals surface area contributed by atoms with E-state index in [-0.39, 0.29) is 78.7 Å². The van der Waals surface area contributed by atoms with Crippen LogP contribution in [-0.4, -0.2) is 56.0 Å². The second-order valence-electron chi connectivity index (χ2n) is 9.70. The molecule has 2 N–H and O–H groups in total. The molecule has 11 heteroatoms. The maximum absolute atomic E-state index is 13.6. The van der Waals surface area contributed by atoms with Gasteiger partial charge in [0.05, 0.1) is 17.9 Å². The third-order valence-electron chi connectivity index (χ3n) is 6.21. The molecule has 3 aromatic rings. The van der Waals surface area contributed by atoms with Crippen molar-refractivity contribution in [1.82, 2.24) is 14.7 Å². The van der Waals surface area contributed by atoms with Crippen molar-refractivity contribution >= 4 is 11.9 Å².